The summed E-state index contributed by atoms with van der Waals surface area (Å²) in [6.07, 6.45) is 12.4. The van der Waals surface area contributed by atoms with Crippen molar-refractivity contribution in [2.45, 2.75) is 106 Å². The molecule has 0 bridgehead atoms. The summed E-state index contributed by atoms with van der Waals surface area (Å²) in [4.78, 5) is 26.3. The van der Waals surface area contributed by atoms with Crippen LogP contribution in [0, 0.1) is 44.8 Å². The first-order valence-corrected chi connectivity index (χ1v) is 14.6. The van der Waals surface area contributed by atoms with Gasteiger partial charge in [0.15, 0.2) is 5.78 Å². The van der Waals surface area contributed by atoms with E-state index in [1.807, 2.05) is 6.20 Å². The third kappa shape index (κ3) is 3.30. The highest BCUT2D eigenvalue weighted by Gasteiger charge is 2.69. The number of carbonyl (C=O) groups is 2. The highest BCUT2D eigenvalue weighted by molar-refractivity contribution is 5.95. The van der Waals surface area contributed by atoms with Gasteiger partial charge < -0.3 is 9.26 Å². The fraction of sp³-hybridized carbons (Fsp3) is 0.781. The Kier molecular flexibility index (Phi) is 5.36. The van der Waals surface area contributed by atoms with Crippen molar-refractivity contribution in [1.29, 1.82) is 0 Å². The van der Waals surface area contributed by atoms with Gasteiger partial charge in [0.05, 0.1) is 12.8 Å². The minimum absolute atomic E-state index is 0.0162. The lowest BCUT2D eigenvalue weighted by Gasteiger charge is -2.69. The quantitative estimate of drug-likeness (QED) is 0.401. The molecule has 5 aliphatic carbocycles. The van der Waals surface area contributed by atoms with Gasteiger partial charge in [0, 0.05) is 29.7 Å². The van der Waals surface area contributed by atoms with Crippen LogP contribution >= 0.6 is 0 Å². The number of aromatic nitrogens is 1. The molecule has 0 amide bonds. The summed E-state index contributed by atoms with van der Waals surface area (Å²) in [6, 6.07) is 0. The monoisotopic (exact) mass is 507 g/mol. The maximum absolute atomic E-state index is 14.5. The Hall–Kier alpha value is -1.91. The van der Waals surface area contributed by atoms with Crippen molar-refractivity contribution in [3.05, 3.63) is 29.2 Å². The number of rotatable bonds is 2. The molecule has 8 atom stereocenters. The number of fused-ring (bicyclic) bond motifs is 8. The van der Waals surface area contributed by atoms with Crippen LogP contribution < -0.4 is 0 Å². The van der Waals surface area contributed by atoms with Crippen molar-refractivity contribution in [3.63, 3.8) is 0 Å². The Balaban J connectivity index is 1.46. The topological polar surface area (TPSA) is 69.4 Å². The lowest BCUT2D eigenvalue weighted by Crippen LogP contribution is -2.64. The molecule has 0 unspecified atom stereocenters. The number of carbonyl (C=O) groups excluding carboxylic acids is 2. The van der Waals surface area contributed by atoms with Crippen molar-refractivity contribution >= 4 is 11.8 Å². The Bertz CT molecular complexity index is 1180. The molecule has 1 aromatic rings. The second kappa shape index (κ2) is 7.82. The van der Waals surface area contributed by atoms with E-state index in [1.165, 1.54) is 18.1 Å². The minimum atomic E-state index is -0.207. The number of hydrogen-bond donors (Lipinski definition) is 0. The largest absolute Gasteiger partial charge is 0.465 e. The zero-order chi connectivity index (χ0) is 26.6. The van der Waals surface area contributed by atoms with Crippen LogP contribution in [-0.4, -0.2) is 23.5 Å². The average molecular weight is 508 g/mol. The third-order valence-corrected chi connectivity index (χ3v) is 12.7. The van der Waals surface area contributed by atoms with E-state index in [0.29, 0.717) is 24.2 Å². The SMILES string of the molecule is CC(=O)OC[C@]12CCC(C)(C)C[C@H]1[C@H]1C(=O)C=C3[C@@]4(C)Cc5cnoc5[C@@H](C)[C@@H]4CC[C@@]3(C)[C@]1(C)CC2. The van der Waals surface area contributed by atoms with Crippen LogP contribution in [0.3, 0.4) is 0 Å². The van der Waals surface area contributed by atoms with Crippen LogP contribution in [0.5, 0.6) is 0 Å². The second-order valence-electron chi connectivity index (χ2n) is 15.0. The lowest BCUT2D eigenvalue weighted by atomic mass is 9.34. The van der Waals surface area contributed by atoms with Crippen molar-refractivity contribution < 1.29 is 18.8 Å². The Labute approximate surface area is 222 Å². The molecule has 5 heteroatoms. The van der Waals surface area contributed by atoms with E-state index in [1.54, 1.807) is 0 Å². The predicted octanol–water partition coefficient (Wildman–Crippen LogP) is 7.06. The van der Waals surface area contributed by atoms with Crippen molar-refractivity contribution in [2.24, 2.45) is 44.8 Å². The second-order valence-corrected chi connectivity index (χ2v) is 15.0. The van der Waals surface area contributed by atoms with Gasteiger partial charge in [-0.1, -0.05) is 52.3 Å². The highest BCUT2D eigenvalue weighted by Crippen LogP contribution is 2.74. The van der Waals surface area contributed by atoms with Crippen LogP contribution in [0.25, 0.3) is 0 Å². The molecule has 5 nitrogen and oxygen atoms in total. The summed E-state index contributed by atoms with van der Waals surface area (Å²) in [5, 5.41) is 4.16. The maximum atomic E-state index is 14.5. The summed E-state index contributed by atoms with van der Waals surface area (Å²) >= 11 is 0. The van der Waals surface area contributed by atoms with Gasteiger partial charge >= 0.3 is 5.97 Å². The van der Waals surface area contributed by atoms with Gasteiger partial charge in [-0.15, -0.1) is 0 Å². The average Bonchev–Trinajstić information content (AvgIpc) is 3.28. The fourth-order valence-electron chi connectivity index (χ4n) is 10.5. The van der Waals surface area contributed by atoms with Gasteiger partial charge in [-0.2, -0.15) is 0 Å². The number of nitrogens with zero attached hydrogens (tertiary/aromatic N) is 1. The summed E-state index contributed by atoms with van der Waals surface area (Å²) in [5.74, 6) is 2.17. The van der Waals surface area contributed by atoms with Crippen LogP contribution in [-0.2, 0) is 20.7 Å². The van der Waals surface area contributed by atoms with Crippen molar-refractivity contribution in [2.75, 3.05) is 6.61 Å². The molecule has 1 heterocycles. The first kappa shape index (κ1) is 25.4. The first-order valence-electron chi connectivity index (χ1n) is 14.6. The smallest absolute Gasteiger partial charge is 0.302 e. The molecule has 37 heavy (non-hydrogen) atoms. The highest BCUT2D eigenvalue weighted by atomic mass is 16.5. The molecule has 0 saturated heterocycles. The molecule has 0 N–H and O–H groups in total. The molecule has 3 fully saturated rings. The lowest BCUT2D eigenvalue weighted by molar-refractivity contribution is -0.184. The molecule has 0 spiro atoms. The van der Waals surface area contributed by atoms with E-state index >= 15 is 0 Å². The van der Waals surface area contributed by atoms with E-state index < -0.39 is 0 Å². The Morgan fingerprint density at radius 1 is 1.08 bits per heavy atom. The van der Waals surface area contributed by atoms with Gasteiger partial charge in [-0.25, -0.2) is 0 Å². The van der Waals surface area contributed by atoms with Crippen molar-refractivity contribution in [3.8, 4) is 0 Å². The molecule has 1 aromatic heterocycles. The standard InChI is InChI=1S/C32H45NO4/c1-19-22-8-9-30(6)25(29(22,5)15-21-17-33-37-27(19)21)14-24(35)26-23-16-28(3,4)10-12-32(23,18-36-20(2)34)13-11-31(26,30)7/h14,17,19,22-23,26H,8-13,15-16,18H2,1-7H3/t19-,22-,23-,26-,29-,30+,31+,32+/m0/s1. The van der Waals surface area contributed by atoms with E-state index in [0.717, 1.165) is 57.1 Å². The van der Waals surface area contributed by atoms with E-state index in [4.69, 9.17) is 9.26 Å². The number of allylic oxidation sites excluding steroid dienone is 2. The van der Waals surface area contributed by atoms with Gasteiger partial charge in [0.2, 0.25) is 0 Å². The van der Waals surface area contributed by atoms with Crippen LogP contribution in [0.4, 0.5) is 0 Å². The summed E-state index contributed by atoms with van der Waals surface area (Å²) in [5.41, 5.74) is 2.53. The molecule has 0 aromatic carbocycles. The Morgan fingerprint density at radius 3 is 2.54 bits per heavy atom. The van der Waals surface area contributed by atoms with Crippen LogP contribution in [0.2, 0.25) is 0 Å². The fourth-order valence-corrected chi connectivity index (χ4v) is 10.5. The molecular weight excluding hydrogens is 462 g/mol. The molecule has 3 saturated carbocycles. The summed E-state index contributed by atoms with van der Waals surface area (Å²) < 4.78 is 11.4. The number of ketones is 1. The molecule has 6 rings (SSSR count). The number of hydrogen-bond acceptors (Lipinski definition) is 5. The maximum Gasteiger partial charge on any atom is 0.302 e. The molecule has 202 valence electrons. The summed E-state index contributed by atoms with van der Waals surface area (Å²) in [7, 11) is 0. The minimum Gasteiger partial charge on any atom is -0.465 e. The number of esters is 1. The zero-order valence-electron chi connectivity index (χ0n) is 23.9. The normalized spacial score (nSPS) is 45.9. The van der Waals surface area contributed by atoms with E-state index in [-0.39, 0.29) is 44.9 Å². The van der Waals surface area contributed by atoms with Crippen LogP contribution in [0.15, 0.2) is 22.4 Å². The van der Waals surface area contributed by atoms with Crippen LogP contribution in [0.1, 0.15) is 111 Å². The summed E-state index contributed by atoms with van der Waals surface area (Å²) in [6.45, 7) is 16.3. The Morgan fingerprint density at radius 2 is 1.81 bits per heavy atom. The van der Waals surface area contributed by atoms with Gasteiger partial charge in [0.1, 0.15) is 5.76 Å². The van der Waals surface area contributed by atoms with Crippen molar-refractivity contribution in [1.82, 2.24) is 5.16 Å². The first-order chi connectivity index (χ1) is 17.3. The molecule has 5 aliphatic rings. The molecule has 0 aliphatic heterocycles. The third-order valence-electron chi connectivity index (χ3n) is 12.7. The zero-order valence-corrected chi connectivity index (χ0v) is 23.9. The van der Waals surface area contributed by atoms with Gasteiger partial charge in [0.25, 0.3) is 0 Å². The predicted molar refractivity (Wildman–Crippen MR) is 142 cm³/mol. The molecular formula is C32H45NO4. The van der Waals surface area contributed by atoms with Gasteiger partial charge in [-0.05, 0) is 90.9 Å². The molecule has 0 radical (unpaired) electrons. The van der Waals surface area contributed by atoms with E-state index in [9.17, 15) is 9.59 Å². The van der Waals surface area contributed by atoms with E-state index in [2.05, 4.69) is 52.8 Å². The number of ether oxygens (including phenoxy) is 1. The van der Waals surface area contributed by atoms with Gasteiger partial charge in [-0.3, -0.25) is 9.59 Å².